The lowest BCUT2D eigenvalue weighted by molar-refractivity contribution is -0.00999. The lowest BCUT2D eigenvalue weighted by atomic mass is 9.73. The number of carbonyl (C=O) groups excluding carboxylic acids is 1. The molecule has 0 aromatic carbocycles. The monoisotopic (exact) mass is 241 g/mol. The summed E-state index contributed by atoms with van der Waals surface area (Å²) in [6, 6.07) is 0. The van der Waals surface area contributed by atoms with E-state index in [9.17, 15) is 9.90 Å². The van der Waals surface area contributed by atoms with Gasteiger partial charge >= 0.3 is 6.09 Å². The van der Waals surface area contributed by atoms with Crippen LogP contribution in [0.5, 0.6) is 0 Å². The van der Waals surface area contributed by atoms with Crippen molar-refractivity contribution in [2.75, 3.05) is 13.1 Å². The molecule has 1 saturated heterocycles. The second kappa shape index (κ2) is 4.48. The number of carbonyl (C=O) groups is 1. The molecule has 2 rings (SSSR count). The van der Waals surface area contributed by atoms with Crippen LogP contribution in [0.2, 0.25) is 0 Å². The van der Waals surface area contributed by atoms with Gasteiger partial charge in [-0.15, -0.1) is 0 Å². The molecule has 1 aliphatic heterocycles. The van der Waals surface area contributed by atoms with Crippen molar-refractivity contribution in [3.05, 3.63) is 0 Å². The Morgan fingerprint density at radius 3 is 2.47 bits per heavy atom. The van der Waals surface area contributed by atoms with Crippen molar-refractivity contribution in [2.24, 2.45) is 11.8 Å². The molecular formula is C13H23NO3. The average molecular weight is 241 g/mol. The third kappa shape index (κ3) is 2.92. The third-order valence-corrected chi connectivity index (χ3v) is 3.77. The molecule has 4 nitrogen and oxygen atoms in total. The maximum absolute atomic E-state index is 11.9. The van der Waals surface area contributed by atoms with Gasteiger partial charge in [0.25, 0.3) is 0 Å². The Morgan fingerprint density at radius 2 is 2.00 bits per heavy atom. The van der Waals surface area contributed by atoms with Gasteiger partial charge in [-0.3, -0.25) is 0 Å². The topological polar surface area (TPSA) is 49.8 Å². The van der Waals surface area contributed by atoms with E-state index in [4.69, 9.17) is 4.74 Å². The number of hydrogen-bond donors (Lipinski definition) is 1. The van der Waals surface area contributed by atoms with Gasteiger partial charge in [0.1, 0.15) is 5.60 Å². The van der Waals surface area contributed by atoms with Crippen molar-refractivity contribution in [1.82, 2.24) is 4.90 Å². The fourth-order valence-corrected chi connectivity index (χ4v) is 2.69. The molecule has 1 heterocycles. The third-order valence-electron chi connectivity index (χ3n) is 3.77. The molecule has 0 bridgehead atoms. The fourth-order valence-electron chi connectivity index (χ4n) is 2.69. The lowest BCUT2D eigenvalue weighted by Gasteiger charge is -2.37. The SMILES string of the molecule is CC(C)(C)OC(=O)N1CCC(C2CCC2O)C1. The first-order chi connectivity index (χ1) is 7.87. The molecule has 98 valence electrons. The quantitative estimate of drug-likeness (QED) is 0.764. The van der Waals surface area contributed by atoms with Crippen LogP contribution in [0.15, 0.2) is 0 Å². The van der Waals surface area contributed by atoms with Crippen LogP contribution in [0.1, 0.15) is 40.0 Å². The standard InChI is InChI=1S/C13H23NO3/c1-13(2,3)17-12(16)14-7-6-9(8-14)10-4-5-11(10)15/h9-11,15H,4-8H2,1-3H3. The van der Waals surface area contributed by atoms with Gasteiger partial charge < -0.3 is 14.7 Å². The summed E-state index contributed by atoms with van der Waals surface area (Å²) in [5.74, 6) is 0.869. The number of aliphatic hydroxyl groups excluding tert-OH is 1. The molecule has 1 saturated carbocycles. The van der Waals surface area contributed by atoms with Crippen molar-refractivity contribution in [2.45, 2.75) is 51.7 Å². The summed E-state index contributed by atoms with van der Waals surface area (Å²) in [4.78, 5) is 13.6. The molecule has 1 aliphatic carbocycles. The van der Waals surface area contributed by atoms with Gasteiger partial charge in [0.05, 0.1) is 6.10 Å². The van der Waals surface area contributed by atoms with E-state index in [0.717, 1.165) is 32.4 Å². The number of hydrogen-bond acceptors (Lipinski definition) is 3. The van der Waals surface area contributed by atoms with Crippen LogP contribution in [0.25, 0.3) is 0 Å². The Bertz CT molecular complexity index is 298. The summed E-state index contributed by atoms with van der Waals surface area (Å²) < 4.78 is 5.35. The molecule has 2 aliphatic rings. The van der Waals surface area contributed by atoms with Gasteiger partial charge in [0, 0.05) is 13.1 Å². The highest BCUT2D eigenvalue weighted by Gasteiger charge is 2.40. The smallest absolute Gasteiger partial charge is 0.410 e. The first-order valence-corrected chi connectivity index (χ1v) is 6.53. The summed E-state index contributed by atoms with van der Waals surface area (Å²) in [7, 11) is 0. The number of amides is 1. The second-order valence-corrected chi connectivity index (χ2v) is 6.28. The number of nitrogens with zero attached hydrogens (tertiary/aromatic N) is 1. The maximum atomic E-state index is 11.9. The molecule has 3 unspecified atom stereocenters. The number of ether oxygens (including phenoxy) is 1. The number of likely N-dealkylation sites (tertiary alicyclic amines) is 1. The number of rotatable bonds is 1. The van der Waals surface area contributed by atoms with Crippen molar-refractivity contribution >= 4 is 6.09 Å². The Balaban J connectivity index is 1.83. The predicted octanol–water partition coefficient (Wildman–Crippen LogP) is 2.01. The van der Waals surface area contributed by atoms with Gasteiger partial charge in [0.15, 0.2) is 0 Å². The molecule has 2 fully saturated rings. The van der Waals surface area contributed by atoms with Gasteiger partial charge in [-0.25, -0.2) is 4.79 Å². The zero-order chi connectivity index (χ0) is 12.6. The van der Waals surface area contributed by atoms with E-state index in [1.54, 1.807) is 4.90 Å². The molecular weight excluding hydrogens is 218 g/mol. The highest BCUT2D eigenvalue weighted by molar-refractivity contribution is 5.68. The largest absolute Gasteiger partial charge is 0.444 e. The second-order valence-electron chi connectivity index (χ2n) is 6.28. The highest BCUT2D eigenvalue weighted by Crippen LogP contribution is 2.38. The minimum Gasteiger partial charge on any atom is -0.444 e. The Labute approximate surface area is 103 Å². The Hall–Kier alpha value is -0.770. The van der Waals surface area contributed by atoms with E-state index < -0.39 is 5.60 Å². The molecule has 0 radical (unpaired) electrons. The molecule has 1 amide bonds. The molecule has 3 atom stereocenters. The lowest BCUT2D eigenvalue weighted by Crippen LogP contribution is -2.40. The molecule has 4 heteroatoms. The molecule has 0 aromatic heterocycles. The van der Waals surface area contributed by atoms with Gasteiger partial charge in [-0.05, 0) is 51.9 Å². The molecule has 1 N–H and O–H groups in total. The van der Waals surface area contributed by atoms with E-state index in [2.05, 4.69) is 0 Å². The summed E-state index contributed by atoms with van der Waals surface area (Å²) in [6.45, 7) is 7.16. The maximum Gasteiger partial charge on any atom is 0.410 e. The van der Waals surface area contributed by atoms with Crippen LogP contribution in [0, 0.1) is 11.8 Å². The van der Waals surface area contributed by atoms with Crippen LogP contribution in [-0.4, -0.2) is 40.9 Å². The molecule has 0 spiro atoms. The average Bonchev–Trinajstić information content (AvgIpc) is 2.62. The van der Waals surface area contributed by atoms with Crippen molar-refractivity contribution in [1.29, 1.82) is 0 Å². The minimum absolute atomic E-state index is 0.140. The fraction of sp³-hybridized carbons (Fsp3) is 0.923. The first-order valence-electron chi connectivity index (χ1n) is 6.53. The van der Waals surface area contributed by atoms with Gasteiger partial charge in [-0.2, -0.15) is 0 Å². The molecule has 0 aromatic rings. The summed E-state index contributed by atoms with van der Waals surface area (Å²) >= 11 is 0. The van der Waals surface area contributed by atoms with E-state index >= 15 is 0 Å². The van der Waals surface area contributed by atoms with Crippen LogP contribution >= 0.6 is 0 Å². The predicted molar refractivity (Wildman–Crippen MR) is 64.6 cm³/mol. The van der Waals surface area contributed by atoms with E-state index in [0.29, 0.717) is 11.8 Å². The van der Waals surface area contributed by atoms with Crippen LogP contribution in [0.4, 0.5) is 4.79 Å². The highest BCUT2D eigenvalue weighted by atomic mass is 16.6. The Kier molecular flexibility index (Phi) is 3.34. The summed E-state index contributed by atoms with van der Waals surface area (Å²) in [6.07, 6.45) is 2.68. The Morgan fingerprint density at radius 1 is 1.29 bits per heavy atom. The van der Waals surface area contributed by atoms with Crippen molar-refractivity contribution in [3.63, 3.8) is 0 Å². The first kappa shape index (κ1) is 12.7. The summed E-state index contributed by atoms with van der Waals surface area (Å²) in [5, 5.41) is 9.64. The zero-order valence-electron chi connectivity index (χ0n) is 11.0. The van der Waals surface area contributed by atoms with E-state index in [1.165, 1.54) is 0 Å². The van der Waals surface area contributed by atoms with Crippen LogP contribution in [0.3, 0.4) is 0 Å². The van der Waals surface area contributed by atoms with Gasteiger partial charge in [-0.1, -0.05) is 0 Å². The van der Waals surface area contributed by atoms with Crippen LogP contribution < -0.4 is 0 Å². The van der Waals surface area contributed by atoms with E-state index in [-0.39, 0.29) is 12.2 Å². The minimum atomic E-state index is -0.425. The van der Waals surface area contributed by atoms with Crippen molar-refractivity contribution in [3.8, 4) is 0 Å². The van der Waals surface area contributed by atoms with Crippen molar-refractivity contribution < 1.29 is 14.6 Å². The van der Waals surface area contributed by atoms with Crippen LogP contribution in [-0.2, 0) is 4.74 Å². The molecule has 17 heavy (non-hydrogen) atoms. The van der Waals surface area contributed by atoms with Gasteiger partial charge in [0.2, 0.25) is 0 Å². The number of aliphatic hydroxyl groups is 1. The normalized spacial score (nSPS) is 33.4. The van der Waals surface area contributed by atoms with E-state index in [1.807, 2.05) is 20.8 Å². The summed E-state index contributed by atoms with van der Waals surface area (Å²) in [5.41, 5.74) is -0.425. The zero-order valence-corrected chi connectivity index (χ0v) is 11.0.